The standard InChI is InChI=1S/C15H30N2O2/c1-8-9-17(7)14(11(4)5)15(19)16-13(10(2)3)12(6)18/h10-11,13-14H,8-9H2,1-7H3,(H,16,19). The highest BCUT2D eigenvalue weighted by molar-refractivity contribution is 5.89. The molecule has 0 heterocycles. The second-order valence-corrected chi connectivity index (χ2v) is 6.01. The van der Waals surface area contributed by atoms with Gasteiger partial charge >= 0.3 is 0 Å². The molecule has 4 nitrogen and oxygen atoms in total. The van der Waals surface area contributed by atoms with E-state index < -0.39 is 0 Å². The molecule has 0 bridgehead atoms. The third-order valence-corrected chi connectivity index (χ3v) is 3.35. The Morgan fingerprint density at radius 1 is 1.11 bits per heavy atom. The predicted molar refractivity (Wildman–Crippen MR) is 79.0 cm³/mol. The van der Waals surface area contributed by atoms with Crippen molar-refractivity contribution in [3.63, 3.8) is 0 Å². The number of likely N-dealkylation sites (N-methyl/N-ethyl adjacent to an activating group) is 1. The van der Waals surface area contributed by atoms with Crippen LogP contribution in [-0.4, -0.2) is 42.3 Å². The number of nitrogens with zero attached hydrogens (tertiary/aromatic N) is 1. The number of Topliss-reactive ketones (excluding diaryl/α,β-unsaturated/α-hetero) is 1. The van der Waals surface area contributed by atoms with E-state index in [2.05, 4.69) is 17.1 Å². The Kier molecular flexibility index (Phi) is 7.91. The van der Waals surface area contributed by atoms with Gasteiger partial charge in [0.15, 0.2) is 5.78 Å². The van der Waals surface area contributed by atoms with Crippen LogP contribution < -0.4 is 5.32 Å². The molecule has 1 amide bonds. The minimum absolute atomic E-state index is 0.0176. The fraction of sp³-hybridized carbons (Fsp3) is 0.867. The third-order valence-electron chi connectivity index (χ3n) is 3.35. The number of rotatable bonds is 8. The summed E-state index contributed by atoms with van der Waals surface area (Å²) >= 11 is 0. The molecular formula is C15H30N2O2. The molecule has 4 heteroatoms. The molecule has 1 N–H and O–H groups in total. The van der Waals surface area contributed by atoms with E-state index in [1.807, 2.05) is 34.7 Å². The van der Waals surface area contributed by atoms with Crippen molar-refractivity contribution >= 4 is 11.7 Å². The lowest BCUT2D eigenvalue weighted by molar-refractivity contribution is -0.132. The lowest BCUT2D eigenvalue weighted by Crippen LogP contribution is -2.53. The summed E-state index contributed by atoms with van der Waals surface area (Å²) in [5, 5.41) is 2.91. The van der Waals surface area contributed by atoms with Gasteiger partial charge in [0.1, 0.15) is 0 Å². The number of hydrogen-bond acceptors (Lipinski definition) is 3. The lowest BCUT2D eigenvalue weighted by atomic mass is 9.97. The van der Waals surface area contributed by atoms with Crippen molar-refractivity contribution in [1.29, 1.82) is 0 Å². The molecule has 2 atom stereocenters. The maximum absolute atomic E-state index is 12.4. The molecular weight excluding hydrogens is 240 g/mol. The number of nitrogens with one attached hydrogen (secondary N) is 1. The van der Waals surface area contributed by atoms with Crippen LogP contribution in [0, 0.1) is 11.8 Å². The molecule has 19 heavy (non-hydrogen) atoms. The molecule has 0 spiro atoms. The molecule has 2 unspecified atom stereocenters. The van der Waals surface area contributed by atoms with Crippen LogP contribution >= 0.6 is 0 Å². The van der Waals surface area contributed by atoms with Crippen molar-refractivity contribution in [2.24, 2.45) is 11.8 Å². The second-order valence-electron chi connectivity index (χ2n) is 6.01. The fourth-order valence-corrected chi connectivity index (χ4v) is 2.48. The van der Waals surface area contributed by atoms with Gasteiger partial charge in [-0.2, -0.15) is 0 Å². The number of carbonyl (C=O) groups excluding carboxylic acids is 2. The first-order valence-electron chi connectivity index (χ1n) is 7.23. The molecule has 0 rings (SSSR count). The Hall–Kier alpha value is -0.900. The highest BCUT2D eigenvalue weighted by Gasteiger charge is 2.29. The Bertz CT molecular complexity index is 301. The molecule has 0 aliphatic carbocycles. The number of ketones is 1. The summed E-state index contributed by atoms with van der Waals surface area (Å²) in [5.74, 6) is 0.311. The Balaban J connectivity index is 4.86. The lowest BCUT2D eigenvalue weighted by Gasteiger charge is -2.31. The van der Waals surface area contributed by atoms with Gasteiger partial charge in [-0.3, -0.25) is 14.5 Å². The molecule has 0 aromatic rings. The van der Waals surface area contributed by atoms with E-state index >= 15 is 0 Å². The number of carbonyl (C=O) groups is 2. The van der Waals surface area contributed by atoms with Crippen LogP contribution in [0.1, 0.15) is 48.0 Å². The smallest absolute Gasteiger partial charge is 0.238 e. The van der Waals surface area contributed by atoms with Crippen molar-refractivity contribution in [2.45, 2.75) is 60.0 Å². The Morgan fingerprint density at radius 3 is 1.95 bits per heavy atom. The van der Waals surface area contributed by atoms with Gasteiger partial charge in [0, 0.05) is 0 Å². The summed E-state index contributed by atoms with van der Waals surface area (Å²) in [6.45, 7) is 12.5. The molecule has 0 fully saturated rings. The van der Waals surface area contributed by atoms with E-state index in [4.69, 9.17) is 0 Å². The molecule has 0 saturated carbocycles. The summed E-state index contributed by atoms with van der Waals surface area (Å²) in [7, 11) is 1.96. The van der Waals surface area contributed by atoms with Crippen LogP contribution in [0.3, 0.4) is 0 Å². The van der Waals surface area contributed by atoms with Crippen LogP contribution in [0.5, 0.6) is 0 Å². The molecule has 0 aliphatic rings. The summed E-state index contributed by atoms with van der Waals surface area (Å²) < 4.78 is 0. The van der Waals surface area contributed by atoms with Crippen molar-refractivity contribution in [3.05, 3.63) is 0 Å². The summed E-state index contributed by atoms with van der Waals surface area (Å²) in [6, 6.07) is -0.565. The van der Waals surface area contributed by atoms with E-state index in [0.29, 0.717) is 0 Å². The van der Waals surface area contributed by atoms with Gasteiger partial charge in [-0.15, -0.1) is 0 Å². The van der Waals surface area contributed by atoms with Gasteiger partial charge in [-0.25, -0.2) is 0 Å². The van der Waals surface area contributed by atoms with E-state index in [1.54, 1.807) is 0 Å². The van der Waals surface area contributed by atoms with Crippen molar-refractivity contribution in [1.82, 2.24) is 10.2 Å². The van der Waals surface area contributed by atoms with Gasteiger partial charge in [0.25, 0.3) is 0 Å². The molecule has 0 aromatic heterocycles. The van der Waals surface area contributed by atoms with Crippen molar-refractivity contribution < 1.29 is 9.59 Å². The third kappa shape index (κ3) is 5.72. The van der Waals surface area contributed by atoms with Gasteiger partial charge in [0.05, 0.1) is 12.1 Å². The zero-order valence-electron chi connectivity index (χ0n) is 13.5. The highest BCUT2D eigenvalue weighted by atomic mass is 16.2. The van der Waals surface area contributed by atoms with Gasteiger partial charge in [-0.05, 0) is 38.8 Å². The summed E-state index contributed by atoms with van der Waals surface area (Å²) in [5.41, 5.74) is 0. The first-order chi connectivity index (χ1) is 8.72. The average molecular weight is 270 g/mol. The zero-order valence-corrected chi connectivity index (χ0v) is 13.5. The van der Waals surface area contributed by atoms with E-state index in [1.165, 1.54) is 6.92 Å². The van der Waals surface area contributed by atoms with Crippen LogP contribution in [0.15, 0.2) is 0 Å². The van der Waals surface area contributed by atoms with Crippen LogP contribution in [0.4, 0.5) is 0 Å². The topological polar surface area (TPSA) is 49.4 Å². The highest BCUT2D eigenvalue weighted by Crippen LogP contribution is 2.12. The normalized spacial score (nSPS) is 14.8. The second kappa shape index (κ2) is 8.31. The SMILES string of the molecule is CCCN(C)C(C(=O)NC(C(C)=O)C(C)C)C(C)C. The van der Waals surface area contributed by atoms with Gasteiger partial charge in [0.2, 0.25) is 5.91 Å². The Labute approximate surface area is 117 Å². The minimum atomic E-state index is -0.385. The Morgan fingerprint density at radius 2 is 1.63 bits per heavy atom. The van der Waals surface area contributed by atoms with E-state index in [0.717, 1.165) is 13.0 Å². The van der Waals surface area contributed by atoms with Gasteiger partial charge < -0.3 is 5.32 Å². The summed E-state index contributed by atoms with van der Waals surface area (Å²) in [4.78, 5) is 26.1. The number of hydrogen-bond donors (Lipinski definition) is 1. The predicted octanol–water partition coefficient (Wildman–Crippen LogP) is 2.08. The van der Waals surface area contributed by atoms with E-state index in [-0.39, 0.29) is 35.6 Å². The first kappa shape index (κ1) is 18.1. The van der Waals surface area contributed by atoms with Crippen molar-refractivity contribution in [2.75, 3.05) is 13.6 Å². The molecule has 112 valence electrons. The van der Waals surface area contributed by atoms with E-state index in [9.17, 15) is 9.59 Å². The first-order valence-corrected chi connectivity index (χ1v) is 7.23. The fourth-order valence-electron chi connectivity index (χ4n) is 2.48. The van der Waals surface area contributed by atoms with Gasteiger partial charge in [-0.1, -0.05) is 34.6 Å². The molecule has 0 radical (unpaired) electrons. The molecule has 0 aromatic carbocycles. The van der Waals surface area contributed by atoms with Crippen LogP contribution in [0.2, 0.25) is 0 Å². The minimum Gasteiger partial charge on any atom is -0.345 e. The average Bonchev–Trinajstić information content (AvgIpc) is 2.24. The quantitative estimate of drug-likeness (QED) is 0.734. The molecule has 0 aliphatic heterocycles. The summed E-state index contributed by atoms with van der Waals surface area (Å²) in [6.07, 6.45) is 1.01. The van der Waals surface area contributed by atoms with Crippen molar-refractivity contribution in [3.8, 4) is 0 Å². The zero-order chi connectivity index (χ0) is 15.2. The maximum Gasteiger partial charge on any atom is 0.238 e. The monoisotopic (exact) mass is 270 g/mol. The van der Waals surface area contributed by atoms with Crippen LogP contribution in [-0.2, 0) is 9.59 Å². The largest absolute Gasteiger partial charge is 0.345 e. The van der Waals surface area contributed by atoms with Crippen LogP contribution in [0.25, 0.3) is 0 Å². The number of amides is 1. The molecule has 0 saturated heterocycles. The maximum atomic E-state index is 12.4.